The highest BCUT2D eigenvalue weighted by atomic mass is 16.5. The van der Waals surface area contributed by atoms with Crippen molar-refractivity contribution in [2.24, 2.45) is 5.92 Å². The lowest BCUT2D eigenvalue weighted by Crippen LogP contribution is -2.33. The molecule has 0 N–H and O–H groups in total. The molecule has 5 rings (SSSR count). The highest BCUT2D eigenvalue weighted by Gasteiger charge is 2.31. The molecule has 1 saturated heterocycles. The van der Waals surface area contributed by atoms with Crippen LogP contribution in [-0.2, 0) is 6.54 Å². The average Bonchev–Trinajstić information content (AvgIpc) is 3.31. The molecule has 6 heteroatoms. The van der Waals surface area contributed by atoms with Crippen molar-refractivity contribution in [3.8, 4) is 17.0 Å². The molecule has 166 valence electrons. The number of hydrogen-bond acceptors (Lipinski definition) is 5. The largest absolute Gasteiger partial charge is 0.497 e. The number of anilines is 1. The molecule has 1 amide bonds. The van der Waals surface area contributed by atoms with Gasteiger partial charge in [-0.1, -0.05) is 35.5 Å². The minimum atomic E-state index is 0.0344. The second-order valence-corrected chi connectivity index (χ2v) is 8.73. The van der Waals surface area contributed by atoms with Gasteiger partial charge in [-0.05, 0) is 55.9 Å². The van der Waals surface area contributed by atoms with Crippen molar-refractivity contribution in [1.82, 2.24) is 10.1 Å². The Kier molecular flexibility index (Phi) is 5.84. The molecule has 32 heavy (non-hydrogen) atoms. The summed E-state index contributed by atoms with van der Waals surface area (Å²) in [4.78, 5) is 17.8. The van der Waals surface area contributed by atoms with Crippen LogP contribution < -0.4 is 9.64 Å². The van der Waals surface area contributed by atoms with Gasteiger partial charge < -0.3 is 19.1 Å². The highest BCUT2D eigenvalue weighted by molar-refractivity contribution is 5.94. The SMILES string of the molecule is COc1ccc(C(=O)N(Cc2c(-c3ccccc3)noc2N2CCCC2)CC2CC2)cc1. The van der Waals surface area contributed by atoms with Gasteiger partial charge in [0.05, 0.1) is 19.2 Å². The normalized spacial score (nSPS) is 15.7. The van der Waals surface area contributed by atoms with Crippen LogP contribution in [0.5, 0.6) is 5.75 Å². The van der Waals surface area contributed by atoms with Gasteiger partial charge in [0.25, 0.3) is 5.91 Å². The van der Waals surface area contributed by atoms with Gasteiger partial charge in [-0.3, -0.25) is 4.79 Å². The number of ether oxygens (including phenoxy) is 1. The van der Waals surface area contributed by atoms with E-state index in [1.807, 2.05) is 59.5 Å². The lowest BCUT2D eigenvalue weighted by Gasteiger charge is -2.24. The maximum Gasteiger partial charge on any atom is 0.254 e. The molecule has 0 radical (unpaired) electrons. The molecular formula is C26H29N3O3. The Morgan fingerprint density at radius 2 is 1.81 bits per heavy atom. The monoisotopic (exact) mass is 431 g/mol. The van der Waals surface area contributed by atoms with Gasteiger partial charge in [-0.2, -0.15) is 0 Å². The number of hydrogen-bond donors (Lipinski definition) is 0. The lowest BCUT2D eigenvalue weighted by molar-refractivity contribution is 0.0735. The van der Waals surface area contributed by atoms with Crippen molar-refractivity contribution in [2.75, 3.05) is 31.6 Å². The van der Waals surface area contributed by atoms with Crippen LogP contribution in [0.3, 0.4) is 0 Å². The Labute approximate surface area is 188 Å². The summed E-state index contributed by atoms with van der Waals surface area (Å²) in [5.41, 5.74) is 3.52. The second-order valence-electron chi connectivity index (χ2n) is 8.73. The summed E-state index contributed by atoms with van der Waals surface area (Å²) >= 11 is 0. The van der Waals surface area contributed by atoms with Gasteiger partial charge in [0.1, 0.15) is 11.4 Å². The second kappa shape index (κ2) is 9.07. The minimum absolute atomic E-state index is 0.0344. The van der Waals surface area contributed by atoms with Crippen LogP contribution in [-0.4, -0.2) is 42.7 Å². The zero-order valence-corrected chi connectivity index (χ0v) is 18.5. The molecule has 2 aliphatic rings. The molecular weight excluding hydrogens is 402 g/mol. The van der Waals surface area contributed by atoms with Crippen molar-refractivity contribution in [3.63, 3.8) is 0 Å². The molecule has 1 aliphatic heterocycles. The quantitative estimate of drug-likeness (QED) is 0.502. The topological polar surface area (TPSA) is 58.8 Å². The Hall–Kier alpha value is -3.28. The van der Waals surface area contributed by atoms with Crippen LogP contribution in [0.2, 0.25) is 0 Å². The first-order chi connectivity index (χ1) is 15.7. The van der Waals surface area contributed by atoms with Crippen molar-refractivity contribution in [2.45, 2.75) is 32.2 Å². The summed E-state index contributed by atoms with van der Waals surface area (Å²) in [5.74, 6) is 2.17. The number of aromatic nitrogens is 1. The van der Waals surface area contributed by atoms with Crippen LogP contribution >= 0.6 is 0 Å². The number of carbonyl (C=O) groups excluding carboxylic acids is 1. The fourth-order valence-electron chi connectivity index (χ4n) is 4.37. The Morgan fingerprint density at radius 1 is 1.09 bits per heavy atom. The van der Waals surface area contributed by atoms with Crippen molar-refractivity contribution < 1.29 is 14.1 Å². The van der Waals surface area contributed by atoms with E-state index in [9.17, 15) is 4.79 Å². The smallest absolute Gasteiger partial charge is 0.254 e. The molecule has 2 fully saturated rings. The fourth-order valence-corrected chi connectivity index (χ4v) is 4.37. The summed E-state index contributed by atoms with van der Waals surface area (Å²) < 4.78 is 11.1. The fraction of sp³-hybridized carbons (Fsp3) is 0.385. The first-order valence-corrected chi connectivity index (χ1v) is 11.4. The predicted octanol–water partition coefficient (Wildman–Crippen LogP) is 5.00. The first-order valence-electron chi connectivity index (χ1n) is 11.4. The summed E-state index contributed by atoms with van der Waals surface area (Å²) in [6.45, 7) is 3.17. The third-order valence-electron chi connectivity index (χ3n) is 6.36. The van der Waals surface area contributed by atoms with Gasteiger partial charge >= 0.3 is 0 Å². The van der Waals surface area contributed by atoms with Gasteiger partial charge in [-0.25, -0.2) is 0 Å². The molecule has 0 bridgehead atoms. The van der Waals surface area contributed by atoms with E-state index in [2.05, 4.69) is 10.1 Å². The highest BCUT2D eigenvalue weighted by Crippen LogP contribution is 2.36. The third-order valence-corrected chi connectivity index (χ3v) is 6.36. The number of nitrogens with zero attached hydrogens (tertiary/aromatic N) is 3. The van der Waals surface area contributed by atoms with Gasteiger partial charge in [0, 0.05) is 30.8 Å². The van der Waals surface area contributed by atoms with E-state index < -0.39 is 0 Å². The molecule has 1 saturated carbocycles. The predicted molar refractivity (Wildman–Crippen MR) is 124 cm³/mol. The van der Waals surface area contributed by atoms with Crippen LogP contribution in [0.15, 0.2) is 59.1 Å². The van der Waals surface area contributed by atoms with Gasteiger partial charge in [-0.15, -0.1) is 0 Å². The third kappa shape index (κ3) is 4.35. The Balaban J connectivity index is 1.49. The number of rotatable bonds is 8. The summed E-state index contributed by atoms with van der Waals surface area (Å²) in [6.07, 6.45) is 4.66. The summed E-state index contributed by atoms with van der Waals surface area (Å²) in [6, 6.07) is 17.5. The van der Waals surface area contributed by atoms with E-state index in [-0.39, 0.29) is 5.91 Å². The standard InChI is InChI=1S/C26H29N3O3/c1-31-22-13-11-21(12-14-22)25(30)29(17-19-9-10-19)18-23-24(20-7-3-2-4-8-20)27-32-26(23)28-15-5-6-16-28/h2-4,7-8,11-14,19H,5-6,9-10,15-18H2,1H3. The van der Waals surface area contributed by atoms with E-state index in [1.165, 1.54) is 12.8 Å². The molecule has 0 spiro atoms. The maximum atomic E-state index is 13.5. The van der Waals surface area contributed by atoms with Crippen LogP contribution in [0.1, 0.15) is 41.6 Å². The lowest BCUT2D eigenvalue weighted by atomic mass is 10.1. The molecule has 1 aromatic heterocycles. The zero-order valence-electron chi connectivity index (χ0n) is 18.5. The van der Waals surface area contributed by atoms with Crippen molar-refractivity contribution in [3.05, 3.63) is 65.7 Å². The zero-order chi connectivity index (χ0) is 21.9. The molecule has 2 aromatic carbocycles. The minimum Gasteiger partial charge on any atom is -0.497 e. The van der Waals surface area contributed by atoms with E-state index >= 15 is 0 Å². The van der Waals surface area contributed by atoms with Gasteiger partial charge in [0.15, 0.2) is 0 Å². The van der Waals surface area contributed by atoms with Crippen LogP contribution in [0, 0.1) is 5.92 Å². The molecule has 1 aliphatic carbocycles. The first kappa shape index (κ1) is 20.6. The summed E-state index contributed by atoms with van der Waals surface area (Å²) in [7, 11) is 1.63. The molecule has 6 nitrogen and oxygen atoms in total. The van der Waals surface area contributed by atoms with E-state index in [4.69, 9.17) is 9.26 Å². The molecule has 2 heterocycles. The Morgan fingerprint density at radius 3 is 2.47 bits per heavy atom. The number of methoxy groups -OCH3 is 1. The molecule has 0 atom stereocenters. The van der Waals surface area contributed by atoms with E-state index in [0.29, 0.717) is 18.0 Å². The number of benzene rings is 2. The van der Waals surface area contributed by atoms with E-state index in [1.54, 1.807) is 7.11 Å². The average molecular weight is 432 g/mol. The Bertz CT molecular complexity index is 1050. The van der Waals surface area contributed by atoms with Crippen molar-refractivity contribution in [1.29, 1.82) is 0 Å². The van der Waals surface area contributed by atoms with Crippen LogP contribution in [0.25, 0.3) is 11.3 Å². The number of carbonyl (C=O) groups is 1. The maximum absolute atomic E-state index is 13.5. The number of amides is 1. The van der Waals surface area contributed by atoms with Crippen molar-refractivity contribution >= 4 is 11.8 Å². The van der Waals surface area contributed by atoms with Gasteiger partial charge in [0.2, 0.25) is 5.88 Å². The summed E-state index contributed by atoms with van der Waals surface area (Å²) in [5, 5.41) is 4.46. The molecule has 0 unspecified atom stereocenters. The van der Waals surface area contributed by atoms with E-state index in [0.717, 1.165) is 60.9 Å². The van der Waals surface area contributed by atoms with Crippen LogP contribution in [0.4, 0.5) is 5.88 Å². The molecule has 3 aromatic rings.